The van der Waals surface area contributed by atoms with E-state index in [1.807, 2.05) is 0 Å². The molecule has 0 fully saturated rings. The first-order valence-corrected chi connectivity index (χ1v) is 6.35. The van der Waals surface area contributed by atoms with Crippen LogP contribution in [0.4, 0.5) is 0 Å². The van der Waals surface area contributed by atoms with Crippen molar-refractivity contribution in [2.24, 2.45) is 0 Å². The van der Waals surface area contributed by atoms with Gasteiger partial charge in [-0.05, 0) is 35.1 Å². The highest BCUT2D eigenvalue weighted by molar-refractivity contribution is 5.86. The minimum absolute atomic E-state index is 0. The summed E-state index contributed by atoms with van der Waals surface area (Å²) in [5.41, 5.74) is 0.433. The monoisotopic (exact) mass is 319 g/mol. The number of likely N-dealkylation sites (N-methyl/N-ethyl adjacent to an activating group) is 2. The minimum atomic E-state index is -0.394. The van der Waals surface area contributed by atoms with Crippen LogP contribution in [0.1, 0.15) is 6.92 Å². The maximum absolute atomic E-state index is 10.2. The SMILES string of the molecule is C=C(C)C(=O)OC.C=CC(=O)OC.CN(C)CCN(C)C.N. The van der Waals surface area contributed by atoms with Crippen molar-refractivity contribution in [1.82, 2.24) is 16.0 Å². The molecule has 7 heteroatoms. The second-order valence-corrected chi connectivity index (χ2v) is 4.61. The molecule has 0 unspecified atom stereocenters. The van der Waals surface area contributed by atoms with Gasteiger partial charge in [-0.1, -0.05) is 13.2 Å². The molecule has 0 rings (SSSR count). The molecule has 0 aliphatic rings. The van der Waals surface area contributed by atoms with Gasteiger partial charge >= 0.3 is 11.9 Å². The third-order valence-electron chi connectivity index (χ3n) is 1.90. The van der Waals surface area contributed by atoms with Gasteiger partial charge in [-0.3, -0.25) is 0 Å². The van der Waals surface area contributed by atoms with Crippen molar-refractivity contribution < 1.29 is 19.1 Å². The number of methoxy groups -OCH3 is 2. The lowest BCUT2D eigenvalue weighted by Gasteiger charge is -2.13. The summed E-state index contributed by atoms with van der Waals surface area (Å²) in [7, 11) is 11.0. The fourth-order valence-corrected chi connectivity index (χ4v) is 0.658. The zero-order valence-electron chi connectivity index (χ0n) is 15.1. The highest BCUT2D eigenvalue weighted by Gasteiger charge is 1.95. The number of hydrogen-bond acceptors (Lipinski definition) is 7. The van der Waals surface area contributed by atoms with Crippen molar-refractivity contribution >= 4 is 11.9 Å². The summed E-state index contributed by atoms with van der Waals surface area (Å²) in [5, 5.41) is 0. The second kappa shape index (κ2) is 19.3. The summed E-state index contributed by atoms with van der Waals surface area (Å²) in [5.74, 6) is -0.741. The summed E-state index contributed by atoms with van der Waals surface area (Å²) in [6.45, 7) is 10.4. The molecule has 0 saturated carbocycles. The normalized spacial score (nSPS) is 8.41. The van der Waals surface area contributed by atoms with Crippen LogP contribution in [-0.4, -0.2) is 77.2 Å². The Morgan fingerprint density at radius 1 is 1.00 bits per heavy atom. The summed E-state index contributed by atoms with van der Waals surface area (Å²) in [4.78, 5) is 24.4. The number of rotatable bonds is 5. The zero-order valence-corrected chi connectivity index (χ0v) is 15.1. The Hall–Kier alpha value is -1.70. The molecule has 0 saturated heterocycles. The Morgan fingerprint density at radius 2 is 1.36 bits per heavy atom. The zero-order chi connectivity index (χ0) is 17.4. The van der Waals surface area contributed by atoms with E-state index in [1.165, 1.54) is 14.2 Å². The van der Waals surface area contributed by atoms with E-state index in [4.69, 9.17) is 0 Å². The van der Waals surface area contributed by atoms with Crippen molar-refractivity contribution in [2.45, 2.75) is 6.92 Å². The Kier molecular flexibility index (Phi) is 25.0. The molecule has 0 radical (unpaired) electrons. The van der Waals surface area contributed by atoms with E-state index in [9.17, 15) is 9.59 Å². The summed E-state index contributed by atoms with van der Waals surface area (Å²) >= 11 is 0. The molecule has 0 bridgehead atoms. The highest BCUT2D eigenvalue weighted by atomic mass is 16.5. The topological polar surface area (TPSA) is 94.1 Å². The summed E-state index contributed by atoms with van der Waals surface area (Å²) in [6, 6.07) is 0. The van der Waals surface area contributed by atoms with E-state index in [2.05, 4.69) is 60.6 Å². The van der Waals surface area contributed by atoms with Gasteiger partial charge in [0.15, 0.2) is 0 Å². The molecule has 7 nitrogen and oxygen atoms in total. The van der Waals surface area contributed by atoms with Gasteiger partial charge in [-0.2, -0.15) is 0 Å². The Morgan fingerprint density at radius 3 is 1.41 bits per heavy atom. The molecule has 0 aliphatic heterocycles. The van der Waals surface area contributed by atoms with Crippen molar-refractivity contribution in [3.63, 3.8) is 0 Å². The molecule has 3 N–H and O–H groups in total. The van der Waals surface area contributed by atoms with Crippen LogP contribution in [0.5, 0.6) is 0 Å². The maximum Gasteiger partial charge on any atom is 0.332 e. The van der Waals surface area contributed by atoms with Gasteiger partial charge < -0.3 is 25.4 Å². The standard InChI is InChI=1S/C6H16N2.C5H8O2.C4H6O2.H3N/c1-7(2)5-6-8(3)4;1-4(2)5(6)7-3;1-3-4(5)6-2;/h5-6H2,1-4H3;1H2,2-3H3;3H,1H2,2H3;1H3. The van der Waals surface area contributed by atoms with Crippen molar-refractivity contribution in [1.29, 1.82) is 0 Å². The number of carbonyl (C=O) groups excluding carboxylic acids is 2. The number of hydrogen-bond donors (Lipinski definition) is 1. The lowest BCUT2D eigenvalue weighted by atomic mass is 10.4. The molecule has 0 aromatic heterocycles. The van der Waals surface area contributed by atoms with E-state index >= 15 is 0 Å². The van der Waals surface area contributed by atoms with Gasteiger partial charge in [0, 0.05) is 24.7 Å². The van der Waals surface area contributed by atoms with Gasteiger partial charge in [-0.25, -0.2) is 9.59 Å². The lowest BCUT2D eigenvalue weighted by Crippen LogP contribution is -2.25. The summed E-state index contributed by atoms with van der Waals surface area (Å²) in [6.07, 6.45) is 1.11. The van der Waals surface area contributed by atoms with Gasteiger partial charge in [0.25, 0.3) is 0 Å². The second-order valence-electron chi connectivity index (χ2n) is 4.61. The first-order valence-electron chi connectivity index (χ1n) is 6.35. The van der Waals surface area contributed by atoms with Crippen LogP contribution in [0.3, 0.4) is 0 Å². The van der Waals surface area contributed by atoms with Crippen LogP contribution in [-0.2, 0) is 19.1 Å². The van der Waals surface area contributed by atoms with Crippen LogP contribution in [0, 0.1) is 0 Å². The lowest BCUT2D eigenvalue weighted by molar-refractivity contribution is -0.136. The highest BCUT2D eigenvalue weighted by Crippen LogP contribution is 1.87. The van der Waals surface area contributed by atoms with Gasteiger partial charge in [0.05, 0.1) is 14.2 Å². The largest absolute Gasteiger partial charge is 0.466 e. The van der Waals surface area contributed by atoms with Crippen molar-refractivity contribution in [3.05, 3.63) is 24.8 Å². The summed E-state index contributed by atoms with van der Waals surface area (Å²) < 4.78 is 8.42. The predicted octanol–water partition coefficient (Wildman–Crippen LogP) is 1.35. The van der Waals surface area contributed by atoms with E-state index in [0.717, 1.165) is 19.2 Å². The number of ether oxygens (including phenoxy) is 2. The molecule has 0 aromatic carbocycles. The number of carbonyl (C=O) groups is 2. The van der Waals surface area contributed by atoms with E-state index in [0.29, 0.717) is 5.57 Å². The van der Waals surface area contributed by atoms with Crippen molar-refractivity contribution in [3.8, 4) is 0 Å². The predicted molar refractivity (Wildman–Crippen MR) is 91.2 cm³/mol. The maximum atomic E-state index is 10.2. The molecular weight excluding hydrogens is 286 g/mol. The molecule has 0 amide bonds. The molecule has 0 heterocycles. The number of nitrogens with zero attached hydrogens (tertiary/aromatic N) is 2. The van der Waals surface area contributed by atoms with Crippen molar-refractivity contribution in [2.75, 3.05) is 55.5 Å². The smallest absolute Gasteiger partial charge is 0.332 e. The Labute approximate surface area is 135 Å². The molecular formula is C15H33N3O4. The van der Waals surface area contributed by atoms with Crippen LogP contribution >= 0.6 is 0 Å². The molecule has 0 atom stereocenters. The molecule has 0 aliphatic carbocycles. The number of esters is 2. The van der Waals surface area contributed by atoms with E-state index in [-0.39, 0.29) is 12.1 Å². The Bertz CT molecular complexity index is 308. The molecule has 22 heavy (non-hydrogen) atoms. The molecule has 0 spiro atoms. The van der Waals surface area contributed by atoms with Gasteiger partial charge in [0.1, 0.15) is 0 Å². The average Bonchev–Trinajstić information content (AvgIpc) is 2.44. The third-order valence-corrected chi connectivity index (χ3v) is 1.90. The van der Waals surface area contributed by atoms with Crippen LogP contribution in [0.15, 0.2) is 24.8 Å². The fraction of sp³-hybridized carbons (Fsp3) is 0.600. The van der Waals surface area contributed by atoms with E-state index in [1.54, 1.807) is 6.92 Å². The first kappa shape index (κ1) is 28.5. The quantitative estimate of drug-likeness (QED) is 0.604. The average molecular weight is 319 g/mol. The van der Waals surface area contributed by atoms with Crippen LogP contribution < -0.4 is 6.15 Å². The van der Waals surface area contributed by atoms with Crippen LogP contribution in [0.2, 0.25) is 0 Å². The fourth-order valence-electron chi connectivity index (χ4n) is 0.658. The molecule has 0 aromatic rings. The minimum Gasteiger partial charge on any atom is -0.466 e. The van der Waals surface area contributed by atoms with Gasteiger partial charge in [0.2, 0.25) is 0 Å². The van der Waals surface area contributed by atoms with Crippen LogP contribution in [0.25, 0.3) is 0 Å². The molecule has 132 valence electrons. The van der Waals surface area contributed by atoms with E-state index < -0.39 is 5.97 Å². The first-order chi connectivity index (χ1) is 9.61. The Balaban J connectivity index is -0.000000109. The van der Waals surface area contributed by atoms with Gasteiger partial charge in [-0.15, -0.1) is 0 Å². The third kappa shape index (κ3) is 31.0.